The van der Waals surface area contributed by atoms with Crippen molar-refractivity contribution in [2.24, 2.45) is 0 Å². The molecule has 2 heterocycles. The van der Waals surface area contributed by atoms with Crippen molar-refractivity contribution in [2.75, 3.05) is 18.0 Å². The number of aromatic amines is 1. The Balaban J connectivity index is 1.59. The van der Waals surface area contributed by atoms with Crippen LogP contribution >= 0.6 is 0 Å². The molecular formula is C14H16F2N4. The summed E-state index contributed by atoms with van der Waals surface area (Å²) >= 11 is 0. The molecule has 6 heteroatoms. The summed E-state index contributed by atoms with van der Waals surface area (Å²) in [6, 6.07) is 4.00. The maximum absolute atomic E-state index is 13.7. The summed E-state index contributed by atoms with van der Waals surface area (Å²) in [7, 11) is 0. The number of hydrogen-bond donors (Lipinski definition) is 2. The summed E-state index contributed by atoms with van der Waals surface area (Å²) in [5.74, 6) is -0.161. The van der Waals surface area contributed by atoms with Crippen LogP contribution in [-0.4, -0.2) is 29.1 Å². The van der Waals surface area contributed by atoms with Gasteiger partial charge in [0, 0.05) is 37.6 Å². The Hall–Kier alpha value is -1.95. The van der Waals surface area contributed by atoms with E-state index in [0.717, 1.165) is 24.9 Å². The van der Waals surface area contributed by atoms with Crippen molar-refractivity contribution in [2.45, 2.75) is 19.0 Å². The molecule has 0 bridgehead atoms. The second-order valence-electron chi connectivity index (χ2n) is 4.94. The van der Waals surface area contributed by atoms with E-state index in [1.807, 2.05) is 4.90 Å². The van der Waals surface area contributed by atoms with Crippen molar-refractivity contribution in [3.05, 3.63) is 48.1 Å². The first-order chi connectivity index (χ1) is 9.72. The van der Waals surface area contributed by atoms with Crippen molar-refractivity contribution in [3.63, 3.8) is 0 Å². The zero-order valence-electron chi connectivity index (χ0n) is 10.9. The molecule has 3 rings (SSSR count). The maximum atomic E-state index is 13.7. The Morgan fingerprint density at radius 1 is 1.40 bits per heavy atom. The Kier molecular flexibility index (Phi) is 3.64. The summed E-state index contributed by atoms with van der Waals surface area (Å²) < 4.78 is 26.6. The highest BCUT2D eigenvalue weighted by molar-refractivity contribution is 5.49. The minimum Gasteiger partial charge on any atom is -0.368 e. The molecule has 0 unspecified atom stereocenters. The average Bonchev–Trinajstić information content (AvgIpc) is 3.07. The average molecular weight is 278 g/mol. The third-order valence-corrected chi connectivity index (χ3v) is 3.55. The van der Waals surface area contributed by atoms with Gasteiger partial charge in [-0.1, -0.05) is 0 Å². The first kappa shape index (κ1) is 13.1. The lowest BCUT2D eigenvalue weighted by molar-refractivity contribution is 0.539. The van der Waals surface area contributed by atoms with Gasteiger partial charge < -0.3 is 15.2 Å². The van der Waals surface area contributed by atoms with Gasteiger partial charge >= 0.3 is 0 Å². The van der Waals surface area contributed by atoms with E-state index >= 15 is 0 Å². The third kappa shape index (κ3) is 2.80. The van der Waals surface area contributed by atoms with Gasteiger partial charge in [-0.25, -0.2) is 13.8 Å². The van der Waals surface area contributed by atoms with Crippen molar-refractivity contribution >= 4 is 5.69 Å². The summed E-state index contributed by atoms with van der Waals surface area (Å²) in [5.41, 5.74) is 0.466. The molecule has 106 valence electrons. The SMILES string of the molecule is Fc1ccc(N2CC[C@H](NCc3ncc[nH]3)C2)c(F)c1. The molecule has 2 N–H and O–H groups in total. The number of imidazole rings is 1. The molecule has 0 spiro atoms. The molecule has 1 atom stereocenters. The van der Waals surface area contributed by atoms with Gasteiger partial charge in [-0.15, -0.1) is 0 Å². The van der Waals surface area contributed by atoms with E-state index in [9.17, 15) is 8.78 Å². The van der Waals surface area contributed by atoms with Crippen molar-refractivity contribution < 1.29 is 8.78 Å². The number of benzene rings is 1. The van der Waals surface area contributed by atoms with Gasteiger partial charge in [0.2, 0.25) is 0 Å². The van der Waals surface area contributed by atoms with Crippen LogP contribution in [0.25, 0.3) is 0 Å². The van der Waals surface area contributed by atoms with Crippen LogP contribution in [0.4, 0.5) is 14.5 Å². The van der Waals surface area contributed by atoms with E-state index in [0.29, 0.717) is 18.8 Å². The molecule has 1 aromatic carbocycles. The van der Waals surface area contributed by atoms with Gasteiger partial charge in [0.05, 0.1) is 12.2 Å². The largest absolute Gasteiger partial charge is 0.368 e. The minimum absolute atomic E-state index is 0.282. The fraction of sp³-hybridized carbons (Fsp3) is 0.357. The number of aromatic nitrogens is 2. The van der Waals surface area contributed by atoms with Gasteiger partial charge in [0.25, 0.3) is 0 Å². The van der Waals surface area contributed by atoms with E-state index in [4.69, 9.17) is 0 Å². The fourth-order valence-corrected chi connectivity index (χ4v) is 2.52. The van der Waals surface area contributed by atoms with Crippen LogP contribution < -0.4 is 10.2 Å². The van der Waals surface area contributed by atoms with Crippen LogP contribution in [0.3, 0.4) is 0 Å². The van der Waals surface area contributed by atoms with E-state index in [1.165, 1.54) is 12.1 Å². The smallest absolute Gasteiger partial charge is 0.149 e. The van der Waals surface area contributed by atoms with Crippen molar-refractivity contribution in [1.82, 2.24) is 15.3 Å². The predicted octanol–water partition coefficient (Wildman–Crippen LogP) is 2.06. The van der Waals surface area contributed by atoms with Crippen LogP contribution in [0.5, 0.6) is 0 Å². The van der Waals surface area contributed by atoms with E-state index in [2.05, 4.69) is 15.3 Å². The minimum atomic E-state index is -0.544. The highest BCUT2D eigenvalue weighted by Crippen LogP contribution is 2.24. The molecule has 1 aliphatic heterocycles. The van der Waals surface area contributed by atoms with Crippen molar-refractivity contribution in [1.29, 1.82) is 0 Å². The lowest BCUT2D eigenvalue weighted by Crippen LogP contribution is -2.32. The highest BCUT2D eigenvalue weighted by Gasteiger charge is 2.24. The number of nitrogens with one attached hydrogen (secondary N) is 2. The number of halogens is 2. The van der Waals surface area contributed by atoms with E-state index < -0.39 is 11.6 Å². The van der Waals surface area contributed by atoms with E-state index in [1.54, 1.807) is 12.4 Å². The molecular weight excluding hydrogens is 262 g/mol. The monoisotopic (exact) mass is 278 g/mol. The van der Waals surface area contributed by atoms with Crippen molar-refractivity contribution in [3.8, 4) is 0 Å². The lowest BCUT2D eigenvalue weighted by atomic mass is 10.2. The summed E-state index contributed by atoms with van der Waals surface area (Å²) in [6.07, 6.45) is 4.43. The normalized spacial score (nSPS) is 18.7. The predicted molar refractivity (Wildman–Crippen MR) is 72.4 cm³/mol. The Labute approximate surface area is 115 Å². The molecule has 1 aromatic heterocycles. The van der Waals surface area contributed by atoms with Gasteiger partial charge in [-0.3, -0.25) is 0 Å². The molecule has 2 aromatic rings. The fourth-order valence-electron chi connectivity index (χ4n) is 2.52. The molecule has 0 radical (unpaired) electrons. The second kappa shape index (κ2) is 5.58. The van der Waals surface area contributed by atoms with Gasteiger partial charge in [-0.05, 0) is 18.6 Å². The molecule has 20 heavy (non-hydrogen) atoms. The van der Waals surface area contributed by atoms with Gasteiger partial charge in [0.1, 0.15) is 17.5 Å². The van der Waals surface area contributed by atoms with Gasteiger partial charge in [0.15, 0.2) is 0 Å². The molecule has 1 saturated heterocycles. The Bertz CT molecular complexity index is 571. The quantitative estimate of drug-likeness (QED) is 0.899. The first-order valence-corrected chi connectivity index (χ1v) is 6.64. The lowest BCUT2D eigenvalue weighted by Gasteiger charge is -2.19. The van der Waals surface area contributed by atoms with Crippen LogP contribution in [0.2, 0.25) is 0 Å². The molecule has 0 amide bonds. The maximum Gasteiger partial charge on any atom is 0.149 e. The Morgan fingerprint density at radius 2 is 2.30 bits per heavy atom. The Morgan fingerprint density at radius 3 is 3.05 bits per heavy atom. The molecule has 0 aliphatic carbocycles. The number of hydrogen-bond acceptors (Lipinski definition) is 3. The third-order valence-electron chi connectivity index (χ3n) is 3.55. The standard InChI is InChI=1S/C14H16F2N4/c15-10-1-2-13(12(16)7-10)20-6-3-11(9-20)19-8-14-17-4-5-18-14/h1-2,4-5,7,11,19H,3,6,8-9H2,(H,17,18)/t11-/m0/s1. The van der Waals surface area contributed by atoms with E-state index in [-0.39, 0.29) is 6.04 Å². The number of H-pyrrole nitrogens is 1. The zero-order valence-corrected chi connectivity index (χ0v) is 10.9. The zero-order chi connectivity index (χ0) is 13.9. The van der Waals surface area contributed by atoms with Crippen LogP contribution in [0.15, 0.2) is 30.6 Å². The molecule has 0 saturated carbocycles. The van der Waals surface area contributed by atoms with Crippen LogP contribution in [0, 0.1) is 11.6 Å². The number of rotatable bonds is 4. The highest BCUT2D eigenvalue weighted by atomic mass is 19.1. The van der Waals surface area contributed by atoms with Crippen LogP contribution in [0.1, 0.15) is 12.2 Å². The second-order valence-corrected chi connectivity index (χ2v) is 4.94. The van der Waals surface area contributed by atoms with Gasteiger partial charge in [-0.2, -0.15) is 0 Å². The number of anilines is 1. The first-order valence-electron chi connectivity index (χ1n) is 6.64. The molecule has 1 fully saturated rings. The topological polar surface area (TPSA) is 44.0 Å². The number of nitrogens with zero attached hydrogens (tertiary/aromatic N) is 2. The summed E-state index contributed by atoms with van der Waals surface area (Å²) in [5, 5.41) is 3.38. The summed E-state index contributed by atoms with van der Waals surface area (Å²) in [6.45, 7) is 2.14. The van der Waals surface area contributed by atoms with Crippen LogP contribution in [-0.2, 0) is 6.54 Å². The summed E-state index contributed by atoms with van der Waals surface area (Å²) in [4.78, 5) is 9.11. The molecule has 4 nitrogen and oxygen atoms in total. The molecule has 1 aliphatic rings.